The standard InChI is InChI=1S/C9H9NS/c1-6-5-11-8-4-3-7(2)10-9(6)8/h3-5H,1-2H3. The molecule has 0 amide bonds. The van der Waals surface area contributed by atoms with Gasteiger partial charge < -0.3 is 0 Å². The first-order valence-electron chi connectivity index (χ1n) is 3.59. The topological polar surface area (TPSA) is 12.9 Å². The molecule has 0 saturated heterocycles. The maximum absolute atomic E-state index is 4.45. The van der Waals surface area contributed by atoms with E-state index in [1.807, 2.05) is 6.92 Å². The first-order chi connectivity index (χ1) is 5.27. The molecule has 2 aromatic heterocycles. The third-order valence-electron chi connectivity index (χ3n) is 1.73. The van der Waals surface area contributed by atoms with E-state index in [1.165, 1.54) is 10.3 Å². The molecule has 2 heteroatoms. The molecule has 0 radical (unpaired) electrons. The van der Waals surface area contributed by atoms with Gasteiger partial charge in [-0.1, -0.05) is 0 Å². The van der Waals surface area contributed by atoms with Crippen molar-refractivity contribution in [2.75, 3.05) is 0 Å². The van der Waals surface area contributed by atoms with Crippen LogP contribution in [0.5, 0.6) is 0 Å². The van der Waals surface area contributed by atoms with Crippen LogP contribution in [0.1, 0.15) is 11.3 Å². The van der Waals surface area contributed by atoms with E-state index in [1.54, 1.807) is 11.3 Å². The third-order valence-corrected chi connectivity index (χ3v) is 2.79. The Bertz CT molecular complexity index is 389. The number of aromatic nitrogens is 1. The molecule has 11 heavy (non-hydrogen) atoms. The molecule has 0 aliphatic rings. The van der Waals surface area contributed by atoms with Crippen molar-refractivity contribution in [1.82, 2.24) is 4.98 Å². The van der Waals surface area contributed by atoms with E-state index in [2.05, 4.69) is 29.4 Å². The number of thiophene rings is 1. The lowest BCUT2D eigenvalue weighted by Gasteiger charge is -1.92. The van der Waals surface area contributed by atoms with Crippen molar-refractivity contribution in [3.8, 4) is 0 Å². The molecule has 0 unspecified atom stereocenters. The maximum Gasteiger partial charge on any atom is 0.0841 e. The summed E-state index contributed by atoms with van der Waals surface area (Å²) in [5, 5.41) is 2.15. The molecule has 2 rings (SSSR count). The van der Waals surface area contributed by atoms with Gasteiger partial charge in [-0.25, -0.2) is 0 Å². The monoisotopic (exact) mass is 163 g/mol. The zero-order chi connectivity index (χ0) is 7.84. The Kier molecular flexibility index (Phi) is 1.43. The summed E-state index contributed by atoms with van der Waals surface area (Å²) in [4.78, 5) is 4.45. The van der Waals surface area contributed by atoms with Crippen molar-refractivity contribution in [1.29, 1.82) is 0 Å². The van der Waals surface area contributed by atoms with Crippen LogP contribution in [0, 0.1) is 13.8 Å². The van der Waals surface area contributed by atoms with Gasteiger partial charge in [0.1, 0.15) is 0 Å². The van der Waals surface area contributed by atoms with Crippen LogP contribution in [0.4, 0.5) is 0 Å². The van der Waals surface area contributed by atoms with E-state index in [0.717, 1.165) is 11.2 Å². The van der Waals surface area contributed by atoms with Crippen LogP contribution in [-0.4, -0.2) is 4.98 Å². The minimum Gasteiger partial charge on any atom is -0.252 e. The second kappa shape index (κ2) is 2.31. The van der Waals surface area contributed by atoms with Gasteiger partial charge in [0.15, 0.2) is 0 Å². The van der Waals surface area contributed by atoms with Crippen molar-refractivity contribution < 1.29 is 0 Å². The van der Waals surface area contributed by atoms with Gasteiger partial charge in [0, 0.05) is 5.69 Å². The summed E-state index contributed by atoms with van der Waals surface area (Å²) < 4.78 is 1.29. The Hall–Kier alpha value is -0.890. The third kappa shape index (κ3) is 1.03. The lowest BCUT2D eigenvalue weighted by molar-refractivity contribution is 1.25. The molecule has 0 atom stereocenters. The van der Waals surface area contributed by atoms with Gasteiger partial charge in [0.25, 0.3) is 0 Å². The van der Waals surface area contributed by atoms with Crippen LogP contribution < -0.4 is 0 Å². The highest BCUT2D eigenvalue weighted by atomic mass is 32.1. The highest BCUT2D eigenvalue weighted by Crippen LogP contribution is 2.23. The second-order valence-electron chi connectivity index (χ2n) is 2.72. The Morgan fingerprint density at radius 1 is 1.27 bits per heavy atom. The fourth-order valence-corrected chi connectivity index (χ4v) is 2.01. The van der Waals surface area contributed by atoms with Crippen molar-refractivity contribution in [2.45, 2.75) is 13.8 Å². The summed E-state index contributed by atoms with van der Waals surface area (Å²) in [5.41, 5.74) is 3.54. The zero-order valence-electron chi connectivity index (χ0n) is 6.59. The Morgan fingerprint density at radius 3 is 2.91 bits per heavy atom. The number of hydrogen-bond donors (Lipinski definition) is 0. The molecule has 0 fully saturated rings. The van der Waals surface area contributed by atoms with Crippen molar-refractivity contribution in [3.63, 3.8) is 0 Å². The number of fused-ring (bicyclic) bond motifs is 1. The minimum absolute atomic E-state index is 1.10. The number of rotatable bonds is 0. The molecular weight excluding hydrogens is 154 g/mol. The van der Waals surface area contributed by atoms with Gasteiger partial charge in [-0.3, -0.25) is 4.98 Å². The van der Waals surface area contributed by atoms with Gasteiger partial charge >= 0.3 is 0 Å². The largest absolute Gasteiger partial charge is 0.252 e. The van der Waals surface area contributed by atoms with Crippen LogP contribution in [0.15, 0.2) is 17.5 Å². The molecule has 56 valence electrons. The molecule has 0 saturated carbocycles. The lowest BCUT2D eigenvalue weighted by Crippen LogP contribution is -1.79. The van der Waals surface area contributed by atoms with Crippen LogP contribution in [-0.2, 0) is 0 Å². The molecule has 0 aliphatic carbocycles. The van der Waals surface area contributed by atoms with Crippen LogP contribution in [0.3, 0.4) is 0 Å². The van der Waals surface area contributed by atoms with E-state index in [-0.39, 0.29) is 0 Å². The highest BCUT2D eigenvalue weighted by Gasteiger charge is 1.99. The average molecular weight is 163 g/mol. The molecule has 0 aromatic carbocycles. The van der Waals surface area contributed by atoms with E-state index >= 15 is 0 Å². The first-order valence-corrected chi connectivity index (χ1v) is 4.47. The first kappa shape index (κ1) is 6.80. The summed E-state index contributed by atoms with van der Waals surface area (Å²) in [6.45, 7) is 4.13. The quantitative estimate of drug-likeness (QED) is 0.582. The van der Waals surface area contributed by atoms with Gasteiger partial charge in [-0.2, -0.15) is 0 Å². The van der Waals surface area contributed by atoms with Crippen molar-refractivity contribution in [3.05, 3.63) is 28.8 Å². The Balaban J connectivity index is 2.87. The summed E-state index contributed by atoms with van der Waals surface area (Å²) in [7, 11) is 0. The molecular formula is C9H9NS. The number of pyridine rings is 1. The van der Waals surface area contributed by atoms with E-state index in [0.29, 0.717) is 0 Å². The van der Waals surface area contributed by atoms with Crippen LogP contribution >= 0.6 is 11.3 Å². The molecule has 0 N–H and O–H groups in total. The van der Waals surface area contributed by atoms with Gasteiger partial charge in [0.2, 0.25) is 0 Å². The number of nitrogens with zero attached hydrogens (tertiary/aromatic N) is 1. The minimum atomic E-state index is 1.10. The van der Waals surface area contributed by atoms with Crippen molar-refractivity contribution >= 4 is 21.6 Å². The van der Waals surface area contributed by atoms with Crippen molar-refractivity contribution in [2.24, 2.45) is 0 Å². The van der Waals surface area contributed by atoms with Gasteiger partial charge in [-0.05, 0) is 36.9 Å². The molecule has 2 heterocycles. The Labute approximate surface area is 69.7 Å². The molecule has 0 aliphatic heterocycles. The Morgan fingerprint density at radius 2 is 2.09 bits per heavy atom. The average Bonchev–Trinajstić information content (AvgIpc) is 2.33. The predicted molar refractivity (Wildman–Crippen MR) is 49.1 cm³/mol. The van der Waals surface area contributed by atoms with E-state index in [9.17, 15) is 0 Å². The zero-order valence-corrected chi connectivity index (χ0v) is 7.40. The SMILES string of the molecule is Cc1ccc2scc(C)c2n1. The summed E-state index contributed by atoms with van der Waals surface area (Å²) >= 11 is 1.76. The fraction of sp³-hybridized carbons (Fsp3) is 0.222. The predicted octanol–water partition coefficient (Wildman–Crippen LogP) is 2.91. The van der Waals surface area contributed by atoms with Crippen LogP contribution in [0.2, 0.25) is 0 Å². The molecule has 1 nitrogen and oxygen atoms in total. The summed E-state index contributed by atoms with van der Waals surface area (Å²) in [5.74, 6) is 0. The lowest BCUT2D eigenvalue weighted by atomic mass is 10.3. The maximum atomic E-state index is 4.45. The normalized spacial score (nSPS) is 10.7. The second-order valence-corrected chi connectivity index (χ2v) is 3.63. The smallest absolute Gasteiger partial charge is 0.0841 e. The highest BCUT2D eigenvalue weighted by molar-refractivity contribution is 7.17. The summed E-state index contributed by atoms with van der Waals surface area (Å²) in [6.07, 6.45) is 0. The fourth-order valence-electron chi connectivity index (χ4n) is 1.13. The van der Waals surface area contributed by atoms with Gasteiger partial charge in [0.05, 0.1) is 10.2 Å². The molecule has 0 bridgehead atoms. The number of aryl methyl sites for hydroxylation is 2. The number of hydrogen-bond acceptors (Lipinski definition) is 2. The van der Waals surface area contributed by atoms with E-state index in [4.69, 9.17) is 0 Å². The van der Waals surface area contributed by atoms with Crippen LogP contribution in [0.25, 0.3) is 10.2 Å². The van der Waals surface area contributed by atoms with E-state index < -0.39 is 0 Å². The summed E-state index contributed by atoms with van der Waals surface area (Å²) in [6, 6.07) is 4.19. The molecule has 2 aromatic rings. The molecule has 0 spiro atoms. The van der Waals surface area contributed by atoms with Gasteiger partial charge in [-0.15, -0.1) is 11.3 Å².